The number of rotatable bonds is 4. The van der Waals surface area contributed by atoms with Crippen LogP contribution in [0.1, 0.15) is 34.2 Å². The molecule has 138 valence electrons. The van der Waals surface area contributed by atoms with Gasteiger partial charge in [-0.2, -0.15) is 0 Å². The van der Waals surface area contributed by atoms with Crippen LogP contribution in [0.25, 0.3) is 0 Å². The first-order chi connectivity index (χ1) is 13.7. The van der Waals surface area contributed by atoms with Gasteiger partial charge in [-0.05, 0) is 42.5 Å². The van der Waals surface area contributed by atoms with Gasteiger partial charge >= 0.3 is 0 Å². The highest BCUT2D eigenvalue weighted by molar-refractivity contribution is 5.62. The maximum Gasteiger partial charge on any atom is 0.0701 e. The first-order valence-electron chi connectivity index (χ1n) is 9.95. The van der Waals surface area contributed by atoms with E-state index in [4.69, 9.17) is 0 Å². The van der Waals surface area contributed by atoms with Gasteiger partial charge in [0.1, 0.15) is 0 Å². The molecular weight excluding hydrogens is 336 g/mol. The zero-order chi connectivity index (χ0) is 19.4. The number of hydrogen-bond acceptors (Lipinski definition) is 0. The molecule has 0 aliphatic heterocycles. The molecular formula is C28H26. The van der Waals surface area contributed by atoms with Crippen LogP contribution in [0.4, 0.5) is 0 Å². The van der Waals surface area contributed by atoms with Crippen LogP contribution in [-0.4, -0.2) is 0 Å². The molecule has 0 N–H and O–H groups in total. The van der Waals surface area contributed by atoms with Gasteiger partial charge in [-0.25, -0.2) is 0 Å². The molecule has 0 aromatic heterocycles. The summed E-state index contributed by atoms with van der Waals surface area (Å²) in [6.07, 6.45) is 12.2. The molecule has 0 unspecified atom stereocenters. The molecule has 4 rings (SSSR count). The summed E-state index contributed by atoms with van der Waals surface area (Å²) in [6, 6.07) is 28.9. The molecule has 3 aromatic carbocycles. The summed E-state index contributed by atoms with van der Waals surface area (Å²) < 4.78 is 0. The van der Waals surface area contributed by atoms with Gasteiger partial charge in [0, 0.05) is 0 Å². The van der Waals surface area contributed by atoms with E-state index in [1.807, 2.05) is 0 Å². The van der Waals surface area contributed by atoms with E-state index in [1.54, 1.807) is 0 Å². The fourth-order valence-electron chi connectivity index (χ4n) is 4.12. The standard InChI is InChI=1S/C28H26/c1-22-14-18-26(19-15-22)28(25-12-8-5-9-13-25,24-10-6-3-4-7-11-24)27-20-16-23(2)17-21-27/h3,5-21H,4H2,1-2H3. The van der Waals surface area contributed by atoms with Crippen LogP contribution in [0, 0.1) is 13.8 Å². The maximum atomic E-state index is 2.30. The second-order valence-corrected chi connectivity index (χ2v) is 7.54. The van der Waals surface area contributed by atoms with E-state index in [-0.39, 0.29) is 5.41 Å². The van der Waals surface area contributed by atoms with Crippen molar-refractivity contribution in [2.45, 2.75) is 25.7 Å². The molecule has 0 amide bonds. The molecule has 0 saturated carbocycles. The van der Waals surface area contributed by atoms with Crippen molar-refractivity contribution in [2.75, 3.05) is 0 Å². The lowest BCUT2D eigenvalue weighted by Crippen LogP contribution is -2.31. The maximum absolute atomic E-state index is 2.30. The molecule has 0 spiro atoms. The van der Waals surface area contributed by atoms with E-state index in [0.29, 0.717) is 0 Å². The van der Waals surface area contributed by atoms with Crippen molar-refractivity contribution in [2.24, 2.45) is 0 Å². The molecule has 0 atom stereocenters. The Bertz CT molecular complexity index is 968. The Morgan fingerprint density at radius 2 is 1.14 bits per heavy atom. The summed E-state index contributed by atoms with van der Waals surface area (Å²) in [5.74, 6) is 0. The van der Waals surface area contributed by atoms with Crippen molar-refractivity contribution in [3.05, 3.63) is 143 Å². The third-order valence-corrected chi connectivity index (χ3v) is 5.59. The van der Waals surface area contributed by atoms with Gasteiger partial charge in [-0.15, -0.1) is 0 Å². The van der Waals surface area contributed by atoms with E-state index >= 15 is 0 Å². The second-order valence-electron chi connectivity index (χ2n) is 7.54. The molecule has 28 heavy (non-hydrogen) atoms. The monoisotopic (exact) mass is 362 g/mol. The Labute approximate surface area is 168 Å². The van der Waals surface area contributed by atoms with Gasteiger partial charge in [0.2, 0.25) is 0 Å². The summed E-state index contributed by atoms with van der Waals surface area (Å²) in [4.78, 5) is 0. The fourth-order valence-corrected chi connectivity index (χ4v) is 4.12. The second kappa shape index (κ2) is 7.86. The van der Waals surface area contributed by atoms with Gasteiger partial charge in [-0.1, -0.05) is 120 Å². The highest BCUT2D eigenvalue weighted by Crippen LogP contribution is 2.46. The summed E-state index contributed by atoms with van der Waals surface area (Å²) in [6.45, 7) is 4.29. The van der Waals surface area contributed by atoms with Crippen molar-refractivity contribution in [3.63, 3.8) is 0 Å². The summed E-state index contributed by atoms with van der Waals surface area (Å²) in [7, 11) is 0. The van der Waals surface area contributed by atoms with Crippen molar-refractivity contribution in [1.82, 2.24) is 0 Å². The zero-order valence-corrected chi connectivity index (χ0v) is 16.6. The minimum atomic E-state index is -0.353. The first-order valence-corrected chi connectivity index (χ1v) is 9.95. The predicted octanol–water partition coefficient (Wildman–Crippen LogP) is 7.08. The van der Waals surface area contributed by atoms with E-state index in [9.17, 15) is 0 Å². The Balaban J connectivity index is 2.10. The van der Waals surface area contributed by atoms with Crippen LogP contribution < -0.4 is 0 Å². The molecule has 0 nitrogen and oxygen atoms in total. The van der Waals surface area contributed by atoms with Crippen LogP contribution in [0.15, 0.2) is 115 Å². The third kappa shape index (κ3) is 3.27. The van der Waals surface area contributed by atoms with Gasteiger partial charge in [0.05, 0.1) is 5.41 Å². The fraction of sp³-hybridized carbons (Fsp3) is 0.143. The average Bonchev–Trinajstić information content (AvgIpc) is 3.02. The average molecular weight is 363 g/mol. The van der Waals surface area contributed by atoms with Gasteiger partial charge < -0.3 is 0 Å². The molecule has 1 aliphatic carbocycles. The molecule has 0 heteroatoms. The van der Waals surface area contributed by atoms with Crippen LogP contribution in [0.2, 0.25) is 0 Å². The molecule has 0 bridgehead atoms. The van der Waals surface area contributed by atoms with Gasteiger partial charge in [0.25, 0.3) is 0 Å². The molecule has 0 fully saturated rings. The van der Waals surface area contributed by atoms with Crippen LogP contribution in [0.3, 0.4) is 0 Å². The lowest BCUT2D eigenvalue weighted by atomic mass is 9.64. The number of allylic oxidation sites excluding steroid dienone is 6. The predicted molar refractivity (Wildman–Crippen MR) is 120 cm³/mol. The number of benzene rings is 3. The highest BCUT2D eigenvalue weighted by atomic mass is 14.4. The third-order valence-electron chi connectivity index (χ3n) is 5.59. The molecule has 3 aromatic rings. The van der Waals surface area contributed by atoms with Crippen molar-refractivity contribution >= 4 is 0 Å². The number of hydrogen-bond donors (Lipinski definition) is 0. The van der Waals surface area contributed by atoms with Crippen molar-refractivity contribution in [3.8, 4) is 0 Å². The highest BCUT2D eigenvalue weighted by Gasteiger charge is 2.38. The van der Waals surface area contributed by atoms with Crippen LogP contribution in [0.5, 0.6) is 0 Å². The lowest BCUT2D eigenvalue weighted by Gasteiger charge is -2.37. The Hall–Kier alpha value is -3.12. The smallest absolute Gasteiger partial charge is 0.0701 e. The zero-order valence-electron chi connectivity index (χ0n) is 16.6. The topological polar surface area (TPSA) is 0 Å². The van der Waals surface area contributed by atoms with Crippen LogP contribution >= 0.6 is 0 Å². The Kier molecular flexibility index (Phi) is 5.12. The largest absolute Gasteiger partial charge is 0.0807 e. The Morgan fingerprint density at radius 1 is 0.607 bits per heavy atom. The summed E-state index contributed by atoms with van der Waals surface area (Å²) in [5.41, 5.74) is 7.36. The van der Waals surface area contributed by atoms with Crippen molar-refractivity contribution < 1.29 is 0 Å². The quantitative estimate of drug-likeness (QED) is 0.435. The molecule has 0 heterocycles. The normalized spacial score (nSPS) is 13.9. The minimum absolute atomic E-state index is 0.353. The molecule has 0 radical (unpaired) electrons. The van der Waals surface area contributed by atoms with Crippen LogP contribution in [-0.2, 0) is 5.41 Å². The molecule has 1 aliphatic rings. The Morgan fingerprint density at radius 3 is 1.71 bits per heavy atom. The number of aryl methyl sites for hydroxylation is 2. The van der Waals surface area contributed by atoms with Crippen molar-refractivity contribution in [1.29, 1.82) is 0 Å². The lowest BCUT2D eigenvalue weighted by molar-refractivity contribution is 0.743. The SMILES string of the molecule is Cc1ccc(C(C2=CC=CCC=C2)(c2ccccc2)c2ccc(C)cc2)cc1. The van der Waals surface area contributed by atoms with Gasteiger partial charge in [-0.3, -0.25) is 0 Å². The van der Waals surface area contributed by atoms with E-state index in [1.165, 1.54) is 33.4 Å². The van der Waals surface area contributed by atoms with E-state index < -0.39 is 0 Å². The molecule has 0 saturated heterocycles. The van der Waals surface area contributed by atoms with Gasteiger partial charge in [0.15, 0.2) is 0 Å². The minimum Gasteiger partial charge on any atom is -0.0807 e. The summed E-state index contributed by atoms with van der Waals surface area (Å²) >= 11 is 0. The summed E-state index contributed by atoms with van der Waals surface area (Å²) in [5, 5.41) is 0. The van der Waals surface area contributed by atoms with E-state index in [2.05, 4.69) is 123 Å². The van der Waals surface area contributed by atoms with E-state index in [0.717, 1.165) is 6.42 Å². The first kappa shape index (κ1) is 18.3.